The summed E-state index contributed by atoms with van der Waals surface area (Å²) in [6.07, 6.45) is 0. The molecular weight excluding hydrogens is 346 g/mol. The Bertz CT molecular complexity index is 573. The average Bonchev–Trinajstić information content (AvgIpc) is 2.35. The van der Waals surface area contributed by atoms with Gasteiger partial charge in [0, 0.05) is 0 Å². The number of nitrogens with zero attached hydrogens (tertiary/aromatic N) is 3. The predicted molar refractivity (Wildman–Crippen MR) is 67.2 cm³/mol. The van der Waals surface area contributed by atoms with Crippen LogP contribution in [0.1, 0.15) is 0 Å². The molecule has 0 bridgehead atoms. The number of methoxy groups -OCH3 is 2. The van der Waals surface area contributed by atoms with Gasteiger partial charge in [0.25, 0.3) is 11.5 Å². The summed E-state index contributed by atoms with van der Waals surface area (Å²) >= 11 is 2.68. The first-order valence-corrected chi connectivity index (χ1v) is 5.47. The summed E-state index contributed by atoms with van der Waals surface area (Å²) in [4.78, 5) is 29.8. The van der Waals surface area contributed by atoms with Crippen molar-refractivity contribution >= 4 is 33.0 Å². The monoisotopic (exact) mass is 351 g/mol. The van der Waals surface area contributed by atoms with Crippen molar-refractivity contribution in [2.24, 2.45) is 0 Å². The van der Waals surface area contributed by atoms with E-state index >= 15 is 0 Å². The largest absolute Gasteiger partial charge is 0.485 e. The summed E-state index contributed by atoms with van der Waals surface area (Å²) in [5.41, 5.74) is -2.84. The van der Waals surface area contributed by atoms with Crippen molar-refractivity contribution in [3.05, 3.63) is 34.8 Å². The maximum Gasteiger partial charge on any atom is 0.367 e. The van der Waals surface area contributed by atoms with Gasteiger partial charge in [-0.05, 0) is 15.9 Å². The zero-order valence-corrected chi connectivity index (χ0v) is 11.6. The third kappa shape index (κ3) is 2.32. The van der Waals surface area contributed by atoms with Gasteiger partial charge in [-0.2, -0.15) is 0 Å². The maximum atomic E-state index is 11.0. The average molecular weight is 352 g/mol. The summed E-state index contributed by atoms with van der Waals surface area (Å²) in [6, 6.07) is 0. The van der Waals surface area contributed by atoms with Crippen LogP contribution in [0.25, 0.3) is 0 Å². The number of halogens is 1. The molecule has 12 heteroatoms. The van der Waals surface area contributed by atoms with Crippen molar-refractivity contribution in [3.8, 4) is 11.5 Å². The molecule has 0 aliphatic rings. The molecule has 0 aliphatic heterocycles. The Morgan fingerprint density at radius 3 is 1.30 bits per heavy atom. The van der Waals surface area contributed by atoms with Crippen LogP contribution in [0.15, 0.2) is 4.47 Å². The zero-order valence-electron chi connectivity index (χ0n) is 9.99. The molecule has 0 radical (unpaired) electrons. The van der Waals surface area contributed by atoms with Crippen LogP contribution in [0.2, 0.25) is 0 Å². The lowest BCUT2D eigenvalue weighted by molar-refractivity contribution is -0.406. The topological polar surface area (TPSA) is 148 Å². The number of nitro benzene ring substituents is 3. The molecule has 0 atom stereocenters. The van der Waals surface area contributed by atoms with E-state index in [1.165, 1.54) is 0 Å². The van der Waals surface area contributed by atoms with Crippen molar-refractivity contribution in [2.45, 2.75) is 0 Å². The molecule has 1 aromatic carbocycles. The van der Waals surface area contributed by atoms with Crippen LogP contribution in [-0.2, 0) is 0 Å². The highest BCUT2D eigenvalue weighted by Gasteiger charge is 2.43. The summed E-state index contributed by atoms with van der Waals surface area (Å²) < 4.78 is 8.71. The van der Waals surface area contributed by atoms with Gasteiger partial charge in [-0.25, -0.2) is 0 Å². The molecule has 0 aromatic heterocycles. The molecule has 1 aromatic rings. The van der Waals surface area contributed by atoms with Gasteiger partial charge in [-0.15, -0.1) is 0 Å². The maximum absolute atomic E-state index is 11.0. The molecule has 20 heavy (non-hydrogen) atoms. The highest BCUT2D eigenvalue weighted by molar-refractivity contribution is 9.10. The van der Waals surface area contributed by atoms with E-state index in [2.05, 4.69) is 25.4 Å². The number of hydrogen-bond donors (Lipinski definition) is 0. The number of hydrogen-bond acceptors (Lipinski definition) is 8. The van der Waals surface area contributed by atoms with Crippen LogP contribution in [0.4, 0.5) is 17.1 Å². The van der Waals surface area contributed by atoms with E-state index in [0.29, 0.717) is 0 Å². The second-order valence-corrected chi connectivity index (χ2v) is 3.99. The lowest BCUT2D eigenvalue weighted by Gasteiger charge is -2.09. The fourth-order valence-electron chi connectivity index (χ4n) is 1.52. The molecule has 0 unspecified atom stereocenters. The molecule has 0 fully saturated rings. The van der Waals surface area contributed by atoms with Crippen molar-refractivity contribution in [1.29, 1.82) is 0 Å². The molecule has 0 N–H and O–H groups in total. The first kappa shape index (κ1) is 15.6. The Hall–Kier alpha value is -2.50. The number of rotatable bonds is 5. The van der Waals surface area contributed by atoms with Crippen LogP contribution in [0.5, 0.6) is 11.5 Å². The van der Waals surface area contributed by atoms with Gasteiger partial charge in [-0.1, -0.05) is 0 Å². The van der Waals surface area contributed by atoms with Crippen molar-refractivity contribution < 1.29 is 24.2 Å². The third-order valence-electron chi connectivity index (χ3n) is 2.23. The van der Waals surface area contributed by atoms with Crippen LogP contribution < -0.4 is 9.47 Å². The first-order chi connectivity index (χ1) is 9.27. The summed E-state index contributed by atoms with van der Waals surface area (Å²) in [5.74, 6) is -1.48. The molecule has 0 aliphatic carbocycles. The van der Waals surface area contributed by atoms with Gasteiger partial charge in [0.15, 0.2) is 4.47 Å². The van der Waals surface area contributed by atoms with Crippen LogP contribution >= 0.6 is 15.9 Å². The molecular formula is C8H6BrN3O8. The second-order valence-electron chi connectivity index (χ2n) is 3.20. The van der Waals surface area contributed by atoms with Crippen molar-refractivity contribution in [2.75, 3.05) is 14.2 Å². The van der Waals surface area contributed by atoms with Crippen molar-refractivity contribution in [1.82, 2.24) is 0 Å². The van der Waals surface area contributed by atoms with E-state index in [9.17, 15) is 30.3 Å². The van der Waals surface area contributed by atoms with E-state index < -0.39 is 47.8 Å². The minimum absolute atomic E-state index is 0.577. The molecule has 108 valence electrons. The number of benzene rings is 1. The molecule has 11 nitrogen and oxygen atoms in total. The predicted octanol–water partition coefficient (Wildman–Crippen LogP) is 2.19. The third-order valence-corrected chi connectivity index (χ3v) is 2.98. The van der Waals surface area contributed by atoms with Crippen molar-refractivity contribution in [3.63, 3.8) is 0 Å². The molecule has 0 amide bonds. The van der Waals surface area contributed by atoms with Gasteiger partial charge in [0.2, 0.25) is 0 Å². The van der Waals surface area contributed by atoms with Gasteiger partial charge in [-0.3, -0.25) is 30.3 Å². The van der Waals surface area contributed by atoms with E-state index in [0.717, 1.165) is 14.2 Å². The highest BCUT2D eigenvalue weighted by atomic mass is 79.9. The lowest BCUT2D eigenvalue weighted by atomic mass is 10.2. The summed E-state index contributed by atoms with van der Waals surface area (Å²) in [7, 11) is 1.93. The minimum atomic E-state index is -1.05. The Labute approximate surface area is 118 Å². The second kappa shape index (κ2) is 5.64. The van der Waals surface area contributed by atoms with Crippen LogP contribution in [-0.4, -0.2) is 29.0 Å². The highest BCUT2D eigenvalue weighted by Crippen LogP contribution is 2.54. The first-order valence-electron chi connectivity index (χ1n) is 4.68. The fraction of sp³-hybridized carbons (Fsp3) is 0.250. The van der Waals surface area contributed by atoms with E-state index in [-0.39, 0.29) is 0 Å². The molecule has 1 rings (SSSR count). The van der Waals surface area contributed by atoms with Crippen LogP contribution in [0.3, 0.4) is 0 Å². The summed E-state index contributed by atoms with van der Waals surface area (Å²) in [6.45, 7) is 0. The Balaban J connectivity index is 4.05. The van der Waals surface area contributed by atoms with E-state index in [4.69, 9.17) is 0 Å². The molecule has 0 heterocycles. The number of ether oxygens (including phenoxy) is 2. The quantitative estimate of drug-likeness (QED) is 0.578. The Morgan fingerprint density at radius 1 is 0.800 bits per heavy atom. The van der Waals surface area contributed by atoms with E-state index in [1.807, 2.05) is 0 Å². The van der Waals surface area contributed by atoms with Gasteiger partial charge >= 0.3 is 17.1 Å². The zero-order chi connectivity index (χ0) is 15.6. The Morgan fingerprint density at radius 2 is 1.10 bits per heavy atom. The molecule has 0 spiro atoms. The fourth-order valence-corrected chi connectivity index (χ4v) is 2.17. The Kier molecular flexibility index (Phi) is 4.39. The minimum Gasteiger partial charge on any atom is -0.485 e. The smallest absolute Gasteiger partial charge is 0.367 e. The SMILES string of the molecule is COc1c([N+](=O)[O-])c(Br)c([N+](=O)[O-])c(OC)c1[N+](=O)[O-]. The normalized spacial score (nSPS) is 9.95. The molecule has 0 saturated carbocycles. The molecule has 0 saturated heterocycles. The standard InChI is InChI=1S/C8H6BrN3O8/c1-19-7-4(10(13)14)3(9)5(11(15)16)8(20-2)6(7)12(17)18/h1-2H3. The van der Waals surface area contributed by atoms with Crippen LogP contribution in [0, 0.1) is 30.3 Å². The van der Waals surface area contributed by atoms with Gasteiger partial charge < -0.3 is 9.47 Å². The lowest BCUT2D eigenvalue weighted by Crippen LogP contribution is -2.06. The summed E-state index contributed by atoms with van der Waals surface area (Å²) in [5, 5.41) is 32.9. The van der Waals surface area contributed by atoms with Gasteiger partial charge in [0.1, 0.15) is 0 Å². The van der Waals surface area contributed by atoms with E-state index in [1.54, 1.807) is 0 Å². The van der Waals surface area contributed by atoms with Gasteiger partial charge in [0.05, 0.1) is 29.0 Å². The number of nitro groups is 3.